The minimum atomic E-state index is -6.31. The number of hydrogen-bond acceptors (Lipinski definition) is 24. The molecule has 0 spiro atoms. The molecular formula is C20H24N10O16P3-3. The van der Waals surface area contributed by atoms with Crippen LogP contribution < -0.4 is 26.1 Å². The van der Waals surface area contributed by atoms with Gasteiger partial charge < -0.3 is 65.1 Å². The van der Waals surface area contributed by atoms with Gasteiger partial charge in [-0.05, 0) is 0 Å². The number of nitrogen functional groups attached to an aromatic ring is 2. The number of hydrogen-bond donors (Lipinski definition) is 6. The van der Waals surface area contributed by atoms with Crippen molar-refractivity contribution in [1.82, 2.24) is 39.0 Å². The van der Waals surface area contributed by atoms with Gasteiger partial charge in [-0.3, -0.25) is 22.8 Å². The Morgan fingerprint density at radius 3 is 1.43 bits per heavy atom. The Morgan fingerprint density at radius 1 is 0.653 bits per heavy atom. The largest absolute Gasteiger partial charge is 0.756 e. The molecule has 2 saturated heterocycles. The van der Waals surface area contributed by atoms with Crippen molar-refractivity contribution < 1.29 is 75.9 Å². The van der Waals surface area contributed by atoms with E-state index < -0.39 is 85.8 Å². The molecule has 6 rings (SSSR count). The maximum Gasteiger partial charge on any atom is 0.280 e. The predicted molar refractivity (Wildman–Crippen MR) is 148 cm³/mol. The van der Waals surface area contributed by atoms with Gasteiger partial charge in [-0.1, -0.05) is 0 Å². The third-order valence-electron chi connectivity index (χ3n) is 7.19. The number of aliphatic hydroxyl groups is 4. The van der Waals surface area contributed by atoms with Crippen molar-refractivity contribution in [2.24, 2.45) is 0 Å². The zero-order chi connectivity index (χ0) is 35.5. The molecule has 2 aliphatic heterocycles. The van der Waals surface area contributed by atoms with E-state index in [4.69, 9.17) is 20.9 Å². The van der Waals surface area contributed by atoms with Crippen molar-refractivity contribution >= 4 is 57.4 Å². The Kier molecular flexibility index (Phi) is 9.62. The van der Waals surface area contributed by atoms with Gasteiger partial charge in [0.1, 0.15) is 60.3 Å². The SMILES string of the molecule is Nc1ncnc2c1ncn2C1OC(COP(=O)([O-])OP(=O)([O-])OP(=O)([O-])OCC2OC(n3cnc4c(N)ncnc43)C(O)C2O)C(O)C1O. The van der Waals surface area contributed by atoms with Crippen molar-refractivity contribution in [2.75, 3.05) is 24.7 Å². The van der Waals surface area contributed by atoms with Crippen molar-refractivity contribution in [3.8, 4) is 0 Å². The normalized spacial score (nSPS) is 31.2. The molecule has 4 aromatic rings. The van der Waals surface area contributed by atoms with Crippen molar-refractivity contribution in [3.05, 3.63) is 25.3 Å². The van der Waals surface area contributed by atoms with Gasteiger partial charge in [0.2, 0.25) is 0 Å². The summed E-state index contributed by atoms with van der Waals surface area (Å²) in [7, 11) is -18.2. The third kappa shape index (κ3) is 7.22. The van der Waals surface area contributed by atoms with Crippen LogP contribution in [0.4, 0.5) is 11.6 Å². The quantitative estimate of drug-likeness (QED) is 0.0743. The number of anilines is 2. The van der Waals surface area contributed by atoms with Crippen molar-refractivity contribution in [2.45, 2.75) is 49.1 Å². The first-order valence-electron chi connectivity index (χ1n) is 13.5. The number of aliphatic hydroxyl groups excluding tert-OH is 4. The highest BCUT2D eigenvalue weighted by atomic mass is 31.3. The van der Waals surface area contributed by atoms with Crippen molar-refractivity contribution in [1.29, 1.82) is 0 Å². The topological polar surface area (TPSA) is 396 Å². The monoisotopic (exact) mass is 753 g/mol. The predicted octanol–water partition coefficient (Wildman–Crippen LogP) is -4.46. The standard InChI is InChI=1S/C20H27N10O16P3/c21-15-9-17(25-3-23-15)29(5-27-9)19-13(33)11(31)7(43-19)1-41-47(35,36)45-49(39,40)46-48(37,38)42-2-8-12(32)14(34)20(44-8)30-6-28-10-16(22)24-4-26-18(10)30/h3-8,11-14,19-20,31-34H,1-2H2,(H,35,36)(H,37,38)(H,39,40)(H2,21,23,25)(H2,22,24,26)/p-3. The molecule has 10 atom stereocenters. The average molecular weight is 753 g/mol. The molecule has 8 N–H and O–H groups in total. The number of phosphoric ester groups is 2. The van der Waals surface area contributed by atoms with E-state index in [1.54, 1.807) is 0 Å². The number of aromatic nitrogens is 8. The molecule has 49 heavy (non-hydrogen) atoms. The van der Waals surface area contributed by atoms with Crippen LogP contribution in [0.2, 0.25) is 0 Å². The van der Waals surface area contributed by atoms with E-state index in [1.807, 2.05) is 0 Å². The Balaban J connectivity index is 1.03. The second kappa shape index (κ2) is 13.2. The summed E-state index contributed by atoms with van der Waals surface area (Å²) >= 11 is 0. The van der Waals surface area contributed by atoms with Gasteiger partial charge in [0.05, 0.1) is 25.9 Å². The number of phosphoric acid groups is 3. The van der Waals surface area contributed by atoms with Gasteiger partial charge in [0, 0.05) is 0 Å². The van der Waals surface area contributed by atoms with Crippen LogP contribution in [0.1, 0.15) is 12.5 Å². The Hall–Kier alpha value is -3.13. The van der Waals surface area contributed by atoms with E-state index in [1.165, 1.54) is 9.13 Å². The highest BCUT2D eigenvalue weighted by Gasteiger charge is 2.46. The first-order valence-corrected chi connectivity index (χ1v) is 17.9. The summed E-state index contributed by atoms with van der Waals surface area (Å²) < 4.78 is 66.4. The fourth-order valence-electron chi connectivity index (χ4n) is 4.94. The van der Waals surface area contributed by atoms with Gasteiger partial charge in [-0.15, -0.1) is 0 Å². The molecule has 268 valence electrons. The zero-order valence-electron chi connectivity index (χ0n) is 24.1. The minimum absolute atomic E-state index is 0.00284. The summed E-state index contributed by atoms with van der Waals surface area (Å²) in [4.78, 5) is 60.1. The highest BCUT2D eigenvalue weighted by Crippen LogP contribution is 2.63. The van der Waals surface area contributed by atoms with Crippen LogP contribution in [0, 0.1) is 0 Å². The molecule has 0 aliphatic carbocycles. The summed E-state index contributed by atoms with van der Waals surface area (Å²) in [5.41, 5.74) is 11.9. The maximum atomic E-state index is 12.3. The third-order valence-corrected chi connectivity index (χ3v) is 11.3. The molecular weight excluding hydrogens is 729 g/mol. The van der Waals surface area contributed by atoms with Gasteiger partial charge in [0.25, 0.3) is 23.5 Å². The van der Waals surface area contributed by atoms with Crippen LogP contribution in [0.3, 0.4) is 0 Å². The molecule has 10 unspecified atom stereocenters. The number of nitrogens with two attached hydrogens (primary N) is 2. The number of imidazole rings is 2. The molecule has 0 bridgehead atoms. The lowest BCUT2D eigenvalue weighted by Crippen LogP contribution is -2.34. The molecule has 6 heterocycles. The summed E-state index contributed by atoms with van der Waals surface area (Å²) in [6.07, 6.45) is -8.47. The molecule has 0 amide bonds. The van der Waals surface area contributed by atoms with E-state index >= 15 is 0 Å². The summed E-state index contributed by atoms with van der Waals surface area (Å²) in [5, 5.41) is 41.7. The average Bonchev–Trinajstić information content (AvgIpc) is 3.77. The Labute approximate surface area is 271 Å². The molecule has 26 nitrogen and oxygen atoms in total. The molecule has 0 aromatic carbocycles. The summed E-state index contributed by atoms with van der Waals surface area (Å²) in [5.74, 6) is -0.00568. The van der Waals surface area contributed by atoms with Crippen LogP contribution in [0.25, 0.3) is 22.3 Å². The lowest BCUT2D eigenvalue weighted by atomic mass is 10.1. The summed E-state index contributed by atoms with van der Waals surface area (Å²) in [6, 6.07) is 0. The van der Waals surface area contributed by atoms with Crippen LogP contribution in [-0.2, 0) is 40.8 Å². The lowest BCUT2D eigenvalue weighted by molar-refractivity contribution is -0.252. The smallest absolute Gasteiger partial charge is 0.280 e. The Morgan fingerprint density at radius 2 is 1.04 bits per heavy atom. The molecule has 2 aliphatic rings. The second-order valence-electron chi connectivity index (χ2n) is 10.4. The van der Waals surface area contributed by atoms with Gasteiger partial charge in [-0.2, -0.15) is 0 Å². The highest BCUT2D eigenvalue weighted by molar-refractivity contribution is 7.65. The lowest BCUT2D eigenvalue weighted by Gasteiger charge is -2.34. The van der Waals surface area contributed by atoms with Crippen molar-refractivity contribution in [3.63, 3.8) is 0 Å². The molecule has 4 aromatic heterocycles. The molecule has 0 saturated carbocycles. The number of nitrogens with zero attached hydrogens (tertiary/aromatic N) is 8. The summed E-state index contributed by atoms with van der Waals surface area (Å²) in [6.45, 7) is -2.26. The van der Waals surface area contributed by atoms with E-state index in [9.17, 15) is 48.8 Å². The molecule has 0 radical (unpaired) electrons. The molecule has 29 heteroatoms. The first-order chi connectivity index (χ1) is 23.0. The van der Waals surface area contributed by atoms with Crippen LogP contribution in [0.5, 0.6) is 0 Å². The van der Waals surface area contributed by atoms with Crippen LogP contribution >= 0.6 is 23.5 Å². The van der Waals surface area contributed by atoms with E-state index in [0.29, 0.717) is 0 Å². The van der Waals surface area contributed by atoms with E-state index in [2.05, 4.69) is 47.6 Å². The zero-order valence-corrected chi connectivity index (χ0v) is 26.8. The van der Waals surface area contributed by atoms with Crippen LogP contribution in [-0.4, -0.2) is 109 Å². The van der Waals surface area contributed by atoms with Gasteiger partial charge >= 0.3 is 0 Å². The number of rotatable bonds is 12. The van der Waals surface area contributed by atoms with Crippen LogP contribution in [0.15, 0.2) is 25.3 Å². The maximum absolute atomic E-state index is 12.3. The number of ether oxygens (including phenoxy) is 2. The van der Waals surface area contributed by atoms with E-state index in [0.717, 1.165) is 25.3 Å². The van der Waals surface area contributed by atoms with Gasteiger partial charge in [-0.25, -0.2) is 38.5 Å². The Bertz CT molecular complexity index is 1860. The van der Waals surface area contributed by atoms with E-state index in [-0.39, 0.29) is 34.0 Å². The fourth-order valence-corrected chi connectivity index (χ4v) is 8.33. The fraction of sp³-hybridized carbons (Fsp3) is 0.500. The minimum Gasteiger partial charge on any atom is -0.756 e. The second-order valence-corrected chi connectivity index (χ2v) is 14.9. The first kappa shape index (κ1) is 35.7. The molecule has 2 fully saturated rings. The van der Waals surface area contributed by atoms with Gasteiger partial charge in [0.15, 0.2) is 35.4 Å². The number of fused-ring (bicyclic) bond motifs is 2.